The van der Waals surface area contributed by atoms with Crippen molar-refractivity contribution in [2.45, 2.75) is 56.9 Å². The molecule has 1 amide bonds. The molecule has 0 aromatic carbocycles. The third-order valence-electron chi connectivity index (χ3n) is 5.28. The highest BCUT2D eigenvalue weighted by atomic mass is 35.5. The molecular formula is C17H27ClN2OS. The molecule has 22 heavy (non-hydrogen) atoms. The highest BCUT2D eigenvalue weighted by Gasteiger charge is 2.43. The summed E-state index contributed by atoms with van der Waals surface area (Å²) in [5, 5.41) is 8.88. The van der Waals surface area contributed by atoms with Crippen molar-refractivity contribution in [1.29, 1.82) is 0 Å². The summed E-state index contributed by atoms with van der Waals surface area (Å²) in [6, 6.07) is 4.51. The molecule has 2 aliphatic rings. The van der Waals surface area contributed by atoms with E-state index in [1.165, 1.54) is 24.1 Å². The number of amides is 1. The van der Waals surface area contributed by atoms with Crippen LogP contribution in [0.15, 0.2) is 17.5 Å². The molecule has 1 aliphatic heterocycles. The van der Waals surface area contributed by atoms with Gasteiger partial charge in [0.25, 0.3) is 0 Å². The Morgan fingerprint density at radius 2 is 2.14 bits per heavy atom. The highest BCUT2D eigenvalue weighted by molar-refractivity contribution is 7.10. The van der Waals surface area contributed by atoms with E-state index in [0.29, 0.717) is 5.92 Å². The number of carbonyl (C=O) groups excluding carboxylic acids is 1. The molecule has 2 atom stereocenters. The molecule has 0 spiro atoms. The molecule has 0 radical (unpaired) electrons. The summed E-state index contributed by atoms with van der Waals surface area (Å²) >= 11 is 1.74. The predicted octanol–water partition coefficient (Wildman–Crippen LogP) is 3.49. The Balaban J connectivity index is 0.00000176. The lowest BCUT2D eigenvalue weighted by Crippen LogP contribution is -2.55. The van der Waals surface area contributed by atoms with Gasteiger partial charge in [0, 0.05) is 17.5 Å². The van der Waals surface area contributed by atoms with Gasteiger partial charge in [-0.2, -0.15) is 0 Å². The number of rotatable bonds is 3. The van der Waals surface area contributed by atoms with Gasteiger partial charge in [-0.25, -0.2) is 0 Å². The molecule has 1 aliphatic carbocycles. The first-order valence-corrected chi connectivity index (χ1v) is 9.16. The quantitative estimate of drug-likeness (QED) is 0.882. The van der Waals surface area contributed by atoms with Crippen LogP contribution in [0.2, 0.25) is 0 Å². The van der Waals surface area contributed by atoms with E-state index in [0.717, 1.165) is 32.4 Å². The Kier molecular flexibility index (Phi) is 6.30. The summed E-state index contributed by atoms with van der Waals surface area (Å²) in [4.78, 5) is 14.4. The summed E-state index contributed by atoms with van der Waals surface area (Å²) in [6.45, 7) is 4.24. The van der Waals surface area contributed by atoms with Crippen molar-refractivity contribution in [3.63, 3.8) is 0 Å². The van der Waals surface area contributed by atoms with E-state index in [-0.39, 0.29) is 29.8 Å². The number of piperidine rings is 1. The zero-order valence-electron chi connectivity index (χ0n) is 13.3. The monoisotopic (exact) mass is 342 g/mol. The van der Waals surface area contributed by atoms with Gasteiger partial charge < -0.3 is 10.6 Å². The highest BCUT2D eigenvalue weighted by Crippen LogP contribution is 2.42. The van der Waals surface area contributed by atoms with Crippen LogP contribution in [0.25, 0.3) is 0 Å². The van der Waals surface area contributed by atoms with Gasteiger partial charge in [-0.1, -0.05) is 32.3 Å². The summed E-state index contributed by atoms with van der Waals surface area (Å²) in [5.41, 5.74) is -0.260. The smallest absolute Gasteiger partial charge is 0.231 e. The standard InChI is InChI=1S/C17H26N2OS.ClH/c1-13-7-10-18-12-14(13)19-16(20)17(8-3-2-4-9-17)15-6-5-11-21-15;/h5-6,11,13-14,18H,2-4,7-10,12H2,1H3,(H,19,20);1H. The minimum atomic E-state index is -0.260. The fourth-order valence-corrected chi connectivity index (χ4v) is 4.76. The zero-order valence-corrected chi connectivity index (χ0v) is 14.9. The molecule has 2 heterocycles. The van der Waals surface area contributed by atoms with Crippen molar-refractivity contribution in [2.24, 2.45) is 5.92 Å². The normalized spacial score (nSPS) is 27.7. The minimum Gasteiger partial charge on any atom is -0.351 e. The van der Waals surface area contributed by atoms with E-state index in [4.69, 9.17) is 0 Å². The Bertz CT molecular complexity index is 471. The first-order chi connectivity index (χ1) is 10.2. The summed E-state index contributed by atoms with van der Waals surface area (Å²) in [6.07, 6.45) is 6.77. The zero-order chi connectivity index (χ0) is 14.7. The number of carbonyl (C=O) groups is 1. The largest absolute Gasteiger partial charge is 0.351 e. The van der Waals surface area contributed by atoms with Gasteiger partial charge in [0.05, 0.1) is 5.41 Å². The van der Waals surface area contributed by atoms with Gasteiger partial charge >= 0.3 is 0 Å². The van der Waals surface area contributed by atoms with Crippen LogP contribution in [-0.4, -0.2) is 25.0 Å². The van der Waals surface area contributed by atoms with Crippen LogP contribution >= 0.6 is 23.7 Å². The average Bonchev–Trinajstić information content (AvgIpc) is 3.05. The fourth-order valence-electron chi connectivity index (χ4n) is 3.78. The van der Waals surface area contributed by atoms with Crippen LogP contribution in [0.3, 0.4) is 0 Å². The van der Waals surface area contributed by atoms with Gasteiger partial charge in [-0.3, -0.25) is 4.79 Å². The van der Waals surface area contributed by atoms with Crippen molar-refractivity contribution in [3.8, 4) is 0 Å². The van der Waals surface area contributed by atoms with Crippen molar-refractivity contribution in [3.05, 3.63) is 22.4 Å². The molecule has 0 bridgehead atoms. The number of hydrogen-bond acceptors (Lipinski definition) is 3. The van der Waals surface area contributed by atoms with E-state index in [9.17, 15) is 4.79 Å². The number of nitrogens with one attached hydrogen (secondary N) is 2. The fraction of sp³-hybridized carbons (Fsp3) is 0.706. The van der Waals surface area contributed by atoms with Crippen molar-refractivity contribution in [1.82, 2.24) is 10.6 Å². The van der Waals surface area contributed by atoms with E-state index >= 15 is 0 Å². The van der Waals surface area contributed by atoms with Gasteiger partial charge in [-0.15, -0.1) is 23.7 Å². The third kappa shape index (κ3) is 3.50. The predicted molar refractivity (Wildman–Crippen MR) is 94.9 cm³/mol. The van der Waals surface area contributed by atoms with Gasteiger partial charge in [0.15, 0.2) is 0 Å². The van der Waals surface area contributed by atoms with E-state index in [1.807, 2.05) is 0 Å². The van der Waals surface area contributed by atoms with E-state index in [1.54, 1.807) is 11.3 Å². The number of hydrogen-bond donors (Lipinski definition) is 2. The van der Waals surface area contributed by atoms with Crippen LogP contribution in [-0.2, 0) is 10.2 Å². The molecule has 1 saturated carbocycles. The molecule has 124 valence electrons. The lowest BCUT2D eigenvalue weighted by Gasteiger charge is -2.38. The summed E-state index contributed by atoms with van der Waals surface area (Å²) in [7, 11) is 0. The molecule has 3 rings (SSSR count). The van der Waals surface area contributed by atoms with Crippen LogP contribution in [0.4, 0.5) is 0 Å². The number of thiophene rings is 1. The van der Waals surface area contributed by atoms with Gasteiger partial charge in [0.1, 0.15) is 0 Å². The molecule has 1 aromatic heterocycles. The molecule has 3 nitrogen and oxygen atoms in total. The molecule has 1 saturated heterocycles. The molecule has 1 aromatic rings. The van der Waals surface area contributed by atoms with E-state index < -0.39 is 0 Å². The SMILES string of the molecule is CC1CCNCC1NC(=O)C1(c2cccs2)CCCCC1.Cl. The lowest BCUT2D eigenvalue weighted by atomic mass is 9.72. The Hall–Kier alpha value is -0.580. The van der Waals surface area contributed by atoms with Crippen LogP contribution < -0.4 is 10.6 Å². The maximum atomic E-state index is 13.1. The van der Waals surface area contributed by atoms with Gasteiger partial charge in [0.2, 0.25) is 5.91 Å². The van der Waals surface area contributed by atoms with Crippen LogP contribution in [0.5, 0.6) is 0 Å². The maximum absolute atomic E-state index is 13.1. The first kappa shape index (κ1) is 17.8. The summed E-state index contributed by atoms with van der Waals surface area (Å²) in [5.74, 6) is 0.837. The van der Waals surface area contributed by atoms with Crippen molar-refractivity contribution in [2.75, 3.05) is 13.1 Å². The molecule has 2 fully saturated rings. The average molecular weight is 343 g/mol. The van der Waals surface area contributed by atoms with E-state index in [2.05, 4.69) is 35.1 Å². The van der Waals surface area contributed by atoms with Crippen molar-refractivity contribution < 1.29 is 4.79 Å². The molecule has 5 heteroatoms. The second-order valence-corrected chi connectivity index (χ2v) is 7.62. The first-order valence-electron chi connectivity index (χ1n) is 8.28. The minimum absolute atomic E-state index is 0. The Morgan fingerprint density at radius 3 is 2.77 bits per heavy atom. The lowest BCUT2D eigenvalue weighted by molar-refractivity contribution is -0.129. The Labute approximate surface area is 143 Å². The number of halogens is 1. The molecular weight excluding hydrogens is 316 g/mol. The second kappa shape index (κ2) is 7.80. The molecule has 2 unspecified atom stereocenters. The Morgan fingerprint density at radius 1 is 1.36 bits per heavy atom. The second-order valence-electron chi connectivity index (χ2n) is 6.67. The van der Waals surface area contributed by atoms with Crippen LogP contribution in [0, 0.1) is 5.92 Å². The van der Waals surface area contributed by atoms with Gasteiger partial charge in [-0.05, 0) is 43.2 Å². The molecule has 2 N–H and O–H groups in total. The summed E-state index contributed by atoms with van der Waals surface area (Å²) < 4.78 is 0. The topological polar surface area (TPSA) is 41.1 Å². The third-order valence-corrected chi connectivity index (χ3v) is 6.35. The van der Waals surface area contributed by atoms with Crippen LogP contribution in [0.1, 0.15) is 50.3 Å². The van der Waals surface area contributed by atoms with Crippen molar-refractivity contribution >= 4 is 29.7 Å². The maximum Gasteiger partial charge on any atom is 0.231 e.